The van der Waals surface area contributed by atoms with Crippen LogP contribution < -0.4 is 0 Å². The molecule has 3 nitrogen and oxygen atoms in total. The molecule has 92 valence electrons. The number of fused-ring (bicyclic) bond motifs is 1. The van der Waals surface area contributed by atoms with Gasteiger partial charge in [-0.05, 0) is 43.7 Å². The number of hydrogen-bond acceptors (Lipinski definition) is 2. The van der Waals surface area contributed by atoms with Crippen LogP contribution in [0.2, 0.25) is 0 Å². The zero-order valence-corrected chi connectivity index (χ0v) is 10.0. The second-order valence-corrected chi connectivity index (χ2v) is 4.85. The van der Waals surface area contributed by atoms with E-state index in [2.05, 4.69) is 0 Å². The average Bonchev–Trinajstić information content (AvgIpc) is 2.49. The van der Waals surface area contributed by atoms with Gasteiger partial charge in [0, 0.05) is 0 Å². The summed E-state index contributed by atoms with van der Waals surface area (Å²) < 4.78 is 0. The number of rotatable bonds is 2. The van der Waals surface area contributed by atoms with Crippen LogP contribution in [0.15, 0.2) is 24.3 Å². The maximum Gasteiger partial charge on any atom is 0.309 e. The molecule has 0 radical (unpaired) electrons. The van der Waals surface area contributed by atoms with Crippen LogP contribution in [0, 0.1) is 5.92 Å². The zero-order valence-electron chi connectivity index (χ0n) is 10.0. The molecule has 0 unspecified atom stereocenters. The summed E-state index contributed by atoms with van der Waals surface area (Å²) >= 11 is 0. The van der Waals surface area contributed by atoms with Crippen LogP contribution in [0.1, 0.15) is 37.3 Å². The lowest BCUT2D eigenvalue weighted by atomic mass is 9.78. The zero-order chi connectivity index (χ0) is 12.5. The summed E-state index contributed by atoms with van der Waals surface area (Å²) in [4.78, 5) is 11.2. The third-order valence-corrected chi connectivity index (χ3v) is 3.82. The third kappa shape index (κ3) is 2.07. The van der Waals surface area contributed by atoms with Crippen LogP contribution >= 0.6 is 0 Å². The van der Waals surface area contributed by atoms with Gasteiger partial charge in [0.05, 0.1) is 5.92 Å². The van der Waals surface area contributed by atoms with Crippen LogP contribution in [0.4, 0.5) is 0 Å². The highest BCUT2D eigenvalue weighted by molar-refractivity contribution is 5.71. The van der Waals surface area contributed by atoms with E-state index >= 15 is 0 Å². The van der Waals surface area contributed by atoms with Gasteiger partial charge in [-0.15, -0.1) is 0 Å². The van der Waals surface area contributed by atoms with Gasteiger partial charge >= 0.3 is 5.97 Å². The maximum absolute atomic E-state index is 11.2. The van der Waals surface area contributed by atoms with E-state index in [1.165, 1.54) is 0 Å². The van der Waals surface area contributed by atoms with E-state index in [-0.39, 0.29) is 0 Å². The maximum atomic E-state index is 11.2. The van der Waals surface area contributed by atoms with Gasteiger partial charge in [0.25, 0.3) is 0 Å². The fourth-order valence-electron chi connectivity index (χ4n) is 2.66. The average molecular weight is 234 g/mol. The molecule has 0 aromatic heterocycles. The molecule has 1 aromatic carbocycles. The molecule has 1 aliphatic carbocycles. The van der Waals surface area contributed by atoms with E-state index in [0.29, 0.717) is 6.42 Å². The van der Waals surface area contributed by atoms with E-state index in [9.17, 15) is 9.90 Å². The molecule has 1 aromatic rings. The molecule has 0 aliphatic heterocycles. The van der Waals surface area contributed by atoms with Crippen molar-refractivity contribution < 1.29 is 15.0 Å². The molecule has 0 saturated carbocycles. The summed E-state index contributed by atoms with van der Waals surface area (Å²) in [5.74, 6) is -1.72. The standard InChI is InChI=1S/C14H18O3/c1-10(13(15)16)14(17)9-5-4-7-11-6-2-3-8-12(11)14/h2-3,6,8,10,17H,4-5,7,9H2,1H3,(H,15,16)/t10-,14+/m1/s1. The van der Waals surface area contributed by atoms with Gasteiger partial charge in [-0.1, -0.05) is 24.3 Å². The Morgan fingerprint density at radius 2 is 2.06 bits per heavy atom. The molecule has 0 bridgehead atoms. The van der Waals surface area contributed by atoms with Gasteiger partial charge in [0.2, 0.25) is 0 Å². The van der Waals surface area contributed by atoms with E-state index in [1.54, 1.807) is 6.92 Å². The van der Waals surface area contributed by atoms with Crippen molar-refractivity contribution >= 4 is 5.97 Å². The predicted molar refractivity (Wildman–Crippen MR) is 64.7 cm³/mol. The van der Waals surface area contributed by atoms with Crippen molar-refractivity contribution in [2.45, 2.75) is 38.2 Å². The van der Waals surface area contributed by atoms with Crippen molar-refractivity contribution in [1.29, 1.82) is 0 Å². The summed E-state index contributed by atoms with van der Waals surface area (Å²) in [6, 6.07) is 7.65. The second-order valence-electron chi connectivity index (χ2n) is 4.85. The summed E-state index contributed by atoms with van der Waals surface area (Å²) in [7, 11) is 0. The first kappa shape index (κ1) is 12.1. The number of aliphatic carboxylic acids is 1. The fourth-order valence-corrected chi connectivity index (χ4v) is 2.66. The Hall–Kier alpha value is -1.35. The van der Waals surface area contributed by atoms with Gasteiger partial charge in [-0.2, -0.15) is 0 Å². The monoisotopic (exact) mass is 234 g/mol. The highest BCUT2D eigenvalue weighted by atomic mass is 16.4. The molecule has 0 fully saturated rings. The lowest BCUT2D eigenvalue weighted by Crippen LogP contribution is -2.38. The Bertz CT molecular complexity index is 427. The minimum Gasteiger partial charge on any atom is -0.481 e. The van der Waals surface area contributed by atoms with Gasteiger partial charge in [-0.3, -0.25) is 4.79 Å². The topological polar surface area (TPSA) is 57.5 Å². The number of carboxylic acid groups (broad SMARTS) is 1. The SMILES string of the molecule is C[C@H](C(=O)O)[C@@]1(O)CCCCc2ccccc21. The lowest BCUT2D eigenvalue weighted by Gasteiger charge is -2.32. The smallest absolute Gasteiger partial charge is 0.309 e. The molecule has 0 saturated heterocycles. The molecule has 0 spiro atoms. The second kappa shape index (κ2) is 4.49. The van der Waals surface area contributed by atoms with Crippen molar-refractivity contribution in [3.63, 3.8) is 0 Å². The minimum atomic E-state index is -1.22. The Morgan fingerprint density at radius 3 is 2.76 bits per heavy atom. The van der Waals surface area contributed by atoms with Crippen LogP contribution in [-0.4, -0.2) is 16.2 Å². The summed E-state index contributed by atoms with van der Waals surface area (Å²) in [6.45, 7) is 1.59. The van der Waals surface area contributed by atoms with E-state index < -0.39 is 17.5 Å². The molecule has 2 rings (SSSR count). The molecule has 2 N–H and O–H groups in total. The quantitative estimate of drug-likeness (QED) is 0.772. The Labute approximate surface area is 101 Å². The number of aliphatic hydroxyl groups is 1. The van der Waals surface area contributed by atoms with Gasteiger partial charge in [0.15, 0.2) is 0 Å². The van der Waals surface area contributed by atoms with Crippen LogP contribution in [0.3, 0.4) is 0 Å². The molecule has 0 amide bonds. The molecule has 0 heterocycles. The summed E-state index contributed by atoms with van der Waals surface area (Å²) in [5, 5.41) is 19.9. The minimum absolute atomic E-state index is 0.525. The van der Waals surface area contributed by atoms with Gasteiger partial charge < -0.3 is 10.2 Å². The van der Waals surface area contributed by atoms with Crippen LogP contribution in [-0.2, 0) is 16.8 Å². The summed E-state index contributed by atoms with van der Waals surface area (Å²) in [6.07, 6.45) is 3.32. The number of carboxylic acids is 1. The first-order valence-corrected chi connectivity index (χ1v) is 6.09. The van der Waals surface area contributed by atoms with Crippen LogP contribution in [0.25, 0.3) is 0 Å². The molecule has 17 heavy (non-hydrogen) atoms. The van der Waals surface area contributed by atoms with Gasteiger partial charge in [-0.25, -0.2) is 0 Å². The normalized spacial score (nSPS) is 25.8. The van der Waals surface area contributed by atoms with E-state index in [4.69, 9.17) is 5.11 Å². The Morgan fingerprint density at radius 1 is 1.35 bits per heavy atom. The molecule has 1 aliphatic rings. The fraction of sp³-hybridized carbons (Fsp3) is 0.500. The van der Waals surface area contributed by atoms with Crippen molar-refractivity contribution in [1.82, 2.24) is 0 Å². The van der Waals surface area contributed by atoms with Crippen molar-refractivity contribution in [3.05, 3.63) is 35.4 Å². The number of aryl methyl sites for hydroxylation is 1. The number of benzene rings is 1. The summed E-state index contributed by atoms with van der Waals surface area (Å²) in [5.41, 5.74) is 0.659. The van der Waals surface area contributed by atoms with Crippen molar-refractivity contribution in [2.24, 2.45) is 5.92 Å². The number of carbonyl (C=O) groups is 1. The first-order valence-electron chi connectivity index (χ1n) is 6.09. The van der Waals surface area contributed by atoms with E-state index in [0.717, 1.165) is 30.4 Å². The number of hydrogen-bond donors (Lipinski definition) is 2. The van der Waals surface area contributed by atoms with Gasteiger partial charge in [0.1, 0.15) is 5.60 Å². The molecular weight excluding hydrogens is 216 g/mol. The molecular formula is C14H18O3. The van der Waals surface area contributed by atoms with Crippen LogP contribution in [0.5, 0.6) is 0 Å². The third-order valence-electron chi connectivity index (χ3n) is 3.82. The molecule has 3 heteroatoms. The van der Waals surface area contributed by atoms with Crippen molar-refractivity contribution in [2.75, 3.05) is 0 Å². The van der Waals surface area contributed by atoms with E-state index in [1.807, 2.05) is 24.3 Å². The Kier molecular flexibility index (Phi) is 3.20. The molecule has 2 atom stereocenters. The predicted octanol–water partition coefficient (Wildman–Crippen LogP) is 2.32. The lowest BCUT2D eigenvalue weighted by molar-refractivity contribution is -0.152. The largest absolute Gasteiger partial charge is 0.481 e. The Balaban J connectivity index is 2.50. The highest BCUT2D eigenvalue weighted by Gasteiger charge is 2.41. The van der Waals surface area contributed by atoms with Crippen molar-refractivity contribution in [3.8, 4) is 0 Å². The first-order chi connectivity index (χ1) is 8.05. The highest BCUT2D eigenvalue weighted by Crippen LogP contribution is 2.39.